The first-order valence-electron chi connectivity index (χ1n) is 4.73. The van der Waals surface area contributed by atoms with E-state index in [0.29, 0.717) is 0 Å². The number of nitrogens with zero attached hydrogens (tertiary/aromatic N) is 2. The molecular weight excluding hydrogens is 251 g/mol. The molecule has 0 aliphatic heterocycles. The van der Waals surface area contributed by atoms with Gasteiger partial charge in [-0.05, 0) is 23.4 Å². The molecule has 0 aliphatic rings. The number of carbonyl (C=O) groups excluding carboxylic acids is 1. The number of alkyl halides is 3. The molecule has 0 fully saturated rings. The summed E-state index contributed by atoms with van der Waals surface area (Å²) >= 11 is 0. The summed E-state index contributed by atoms with van der Waals surface area (Å²) in [6, 6.07) is 4.26. The van der Waals surface area contributed by atoms with Gasteiger partial charge in [-0.3, -0.25) is 4.79 Å². The summed E-state index contributed by atoms with van der Waals surface area (Å²) in [5.74, 6) is -0.699. The van der Waals surface area contributed by atoms with Gasteiger partial charge in [-0.2, -0.15) is 13.2 Å². The van der Waals surface area contributed by atoms with Crippen LogP contribution in [0.3, 0.4) is 0 Å². The highest BCUT2D eigenvalue weighted by Gasteiger charge is 2.30. The molecule has 94 valence electrons. The van der Waals surface area contributed by atoms with Crippen LogP contribution in [0.15, 0.2) is 35.1 Å². The van der Waals surface area contributed by atoms with E-state index in [-0.39, 0.29) is 11.4 Å². The van der Waals surface area contributed by atoms with Crippen molar-refractivity contribution in [3.63, 3.8) is 0 Å². The number of anilines is 1. The molecule has 8 heteroatoms. The van der Waals surface area contributed by atoms with Crippen LogP contribution >= 0.6 is 0 Å². The molecule has 0 spiro atoms. The minimum atomic E-state index is -4.46. The van der Waals surface area contributed by atoms with Crippen molar-refractivity contribution in [2.75, 3.05) is 5.32 Å². The summed E-state index contributed by atoms with van der Waals surface area (Å²) in [5, 5.41) is 8.73. The Kier molecular flexibility index (Phi) is 3.00. The largest absolute Gasteiger partial charge is 0.416 e. The fourth-order valence-electron chi connectivity index (χ4n) is 1.23. The Bertz CT molecular complexity index is 552. The van der Waals surface area contributed by atoms with Gasteiger partial charge in [0.2, 0.25) is 0 Å². The van der Waals surface area contributed by atoms with Crippen molar-refractivity contribution in [3.05, 3.63) is 41.7 Å². The molecule has 0 radical (unpaired) electrons. The maximum absolute atomic E-state index is 12.4. The van der Waals surface area contributed by atoms with Crippen LogP contribution in [0.4, 0.5) is 18.9 Å². The fourth-order valence-corrected chi connectivity index (χ4v) is 1.23. The molecule has 5 nitrogen and oxygen atoms in total. The summed E-state index contributed by atoms with van der Waals surface area (Å²) in [5.41, 5.74) is -0.955. The molecule has 1 heterocycles. The number of aromatic nitrogens is 2. The van der Waals surface area contributed by atoms with Crippen LogP contribution in [-0.2, 0) is 6.18 Å². The first-order chi connectivity index (χ1) is 8.47. The number of rotatable bonds is 2. The molecule has 0 unspecified atom stereocenters. The van der Waals surface area contributed by atoms with Crippen LogP contribution in [0.5, 0.6) is 0 Å². The SMILES string of the molecule is O=C(Nc1cccc(C(F)(F)F)c1)c1cnon1. The van der Waals surface area contributed by atoms with Gasteiger partial charge in [0.25, 0.3) is 5.91 Å². The van der Waals surface area contributed by atoms with Gasteiger partial charge in [-0.15, -0.1) is 0 Å². The van der Waals surface area contributed by atoms with E-state index in [4.69, 9.17) is 0 Å². The number of benzene rings is 1. The highest BCUT2D eigenvalue weighted by molar-refractivity contribution is 6.02. The molecule has 1 aromatic carbocycles. The summed E-state index contributed by atoms with van der Waals surface area (Å²) in [6.07, 6.45) is -3.40. The van der Waals surface area contributed by atoms with Gasteiger partial charge in [-0.1, -0.05) is 11.2 Å². The molecular formula is C10H6F3N3O2. The molecule has 0 bridgehead atoms. The molecule has 1 aromatic heterocycles. The van der Waals surface area contributed by atoms with Crippen LogP contribution in [0.25, 0.3) is 0 Å². The van der Waals surface area contributed by atoms with Crippen LogP contribution in [-0.4, -0.2) is 16.2 Å². The van der Waals surface area contributed by atoms with Gasteiger partial charge in [0.15, 0.2) is 5.69 Å². The van der Waals surface area contributed by atoms with Crippen molar-refractivity contribution >= 4 is 11.6 Å². The Morgan fingerprint density at radius 3 is 2.72 bits per heavy atom. The molecule has 0 saturated carbocycles. The summed E-state index contributed by atoms with van der Waals surface area (Å²) < 4.78 is 41.5. The number of nitrogens with one attached hydrogen (secondary N) is 1. The van der Waals surface area contributed by atoms with Gasteiger partial charge < -0.3 is 5.32 Å². The molecule has 2 aromatic rings. The maximum atomic E-state index is 12.4. The van der Waals surface area contributed by atoms with E-state index in [9.17, 15) is 18.0 Å². The van der Waals surface area contributed by atoms with Crippen molar-refractivity contribution in [1.29, 1.82) is 0 Å². The summed E-state index contributed by atoms with van der Waals surface area (Å²) in [7, 11) is 0. The van der Waals surface area contributed by atoms with Gasteiger partial charge in [0, 0.05) is 5.69 Å². The molecule has 0 saturated heterocycles. The van der Waals surface area contributed by atoms with Gasteiger partial charge >= 0.3 is 6.18 Å². The normalized spacial score (nSPS) is 11.3. The van der Waals surface area contributed by atoms with Crippen LogP contribution in [0.2, 0.25) is 0 Å². The van der Waals surface area contributed by atoms with Crippen molar-refractivity contribution in [3.8, 4) is 0 Å². The Morgan fingerprint density at radius 2 is 2.11 bits per heavy atom. The predicted octanol–water partition coefficient (Wildman–Crippen LogP) is 2.34. The zero-order valence-corrected chi connectivity index (χ0v) is 8.73. The van der Waals surface area contributed by atoms with E-state index in [1.165, 1.54) is 12.1 Å². The molecule has 18 heavy (non-hydrogen) atoms. The monoisotopic (exact) mass is 257 g/mol. The Hall–Kier alpha value is -2.38. The molecule has 2 rings (SSSR count). The number of hydrogen-bond acceptors (Lipinski definition) is 4. The average molecular weight is 257 g/mol. The van der Waals surface area contributed by atoms with Crippen LogP contribution < -0.4 is 5.32 Å². The summed E-state index contributed by atoms with van der Waals surface area (Å²) in [4.78, 5) is 11.5. The highest BCUT2D eigenvalue weighted by atomic mass is 19.4. The topological polar surface area (TPSA) is 68.0 Å². The Labute approximate surface area is 98.6 Å². The number of carbonyl (C=O) groups is 1. The molecule has 0 aliphatic carbocycles. The first kappa shape index (κ1) is 12.1. The smallest absolute Gasteiger partial charge is 0.320 e. The van der Waals surface area contributed by atoms with Crippen molar-refractivity contribution in [1.82, 2.24) is 10.3 Å². The second-order valence-electron chi connectivity index (χ2n) is 3.33. The second kappa shape index (κ2) is 4.47. The minimum Gasteiger partial charge on any atom is -0.320 e. The minimum absolute atomic E-state index is 0.0119. The third-order valence-corrected chi connectivity index (χ3v) is 2.04. The third-order valence-electron chi connectivity index (χ3n) is 2.04. The van der Waals surface area contributed by atoms with E-state index >= 15 is 0 Å². The first-order valence-corrected chi connectivity index (χ1v) is 4.73. The molecule has 0 atom stereocenters. The summed E-state index contributed by atoms with van der Waals surface area (Å²) in [6.45, 7) is 0. The van der Waals surface area contributed by atoms with E-state index in [2.05, 4.69) is 20.3 Å². The van der Waals surface area contributed by atoms with Crippen molar-refractivity contribution in [2.45, 2.75) is 6.18 Å². The van der Waals surface area contributed by atoms with Crippen LogP contribution in [0.1, 0.15) is 16.1 Å². The quantitative estimate of drug-likeness (QED) is 0.896. The van der Waals surface area contributed by atoms with E-state index in [0.717, 1.165) is 18.3 Å². The third kappa shape index (κ3) is 2.65. The van der Waals surface area contributed by atoms with E-state index < -0.39 is 17.6 Å². The van der Waals surface area contributed by atoms with Crippen LogP contribution in [0, 0.1) is 0 Å². The lowest BCUT2D eigenvalue weighted by Gasteiger charge is -2.08. The van der Waals surface area contributed by atoms with E-state index in [1.807, 2.05) is 0 Å². The van der Waals surface area contributed by atoms with Crippen molar-refractivity contribution < 1.29 is 22.6 Å². The average Bonchev–Trinajstić information content (AvgIpc) is 2.81. The zero-order valence-electron chi connectivity index (χ0n) is 8.73. The number of amides is 1. The highest BCUT2D eigenvalue weighted by Crippen LogP contribution is 2.30. The number of halogens is 3. The zero-order chi connectivity index (χ0) is 13.2. The standard InChI is InChI=1S/C10H6F3N3O2/c11-10(12,13)6-2-1-3-7(4-6)15-9(17)8-5-14-18-16-8/h1-5H,(H,15,17). The lowest BCUT2D eigenvalue weighted by atomic mass is 10.2. The van der Waals surface area contributed by atoms with Gasteiger partial charge in [0.05, 0.1) is 5.56 Å². The second-order valence-corrected chi connectivity index (χ2v) is 3.33. The predicted molar refractivity (Wildman–Crippen MR) is 53.7 cm³/mol. The van der Waals surface area contributed by atoms with E-state index in [1.54, 1.807) is 0 Å². The fraction of sp³-hybridized carbons (Fsp3) is 0.100. The van der Waals surface area contributed by atoms with Gasteiger partial charge in [0.1, 0.15) is 6.20 Å². The Balaban J connectivity index is 2.18. The Morgan fingerprint density at radius 1 is 1.33 bits per heavy atom. The molecule has 1 N–H and O–H groups in total. The lowest BCUT2D eigenvalue weighted by Crippen LogP contribution is -2.13. The maximum Gasteiger partial charge on any atom is 0.416 e. The number of hydrogen-bond donors (Lipinski definition) is 1. The lowest BCUT2D eigenvalue weighted by molar-refractivity contribution is -0.137. The molecule has 1 amide bonds. The van der Waals surface area contributed by atoms with Gasteiger partial charge in [-0.25, -0.2) is 4.63 Å². The van der Waals surface area contributed by atoms with Crippen molar-refractivity contribution in [2.24, 2.45) is 0 Å².